The van der Waals surface area contributed by atoms with Gasteiger partial charge in [-0.05, 0) is 50.8 Å². The zero-order valence-electron chi connectivity index (χ0n) is 17.2. The van der Waals surface area contributed by atoms with Crippen molar-refractivity contribution in [2.24, 2.45) is 0 Å². The van der Waals surface area contributed by atoms with E-state index in [1.54, 1.807) is 12.3 Å². The van der Waals surface area contributed by atoms with Gasteiger partial charge in [0.2, 0.25) is 0 Å². The van der Waals surface area contributed by atoms with Crippen LogP contribution in [0.25, 0.3) is 16.7 Å². The van der Waals surface area contributed by atoms with E-state index in [9.17, 15) is 9.59 Å². The van der Waals surface area contributed by atoms with Gasteiger partial charge in [-0.15, -0.1) is 0 Å². The van der Waals surface area contributed by atoms with E-state index in [0.29, 0.717) is 28.1 Å². The number of fused-ring (bicyclic) bond motifs is 2. The van der Waals surface area contributed by atoms with Crippen LogP contribution in [0.2, 0.25) is 0 Å². The van der Waals surface area contributed by atoms with Gasteiger partial charge in [-0.1, -0.05) is 25.8 Å². The summed E-state index contributed by atoms with van der Waals surface area (Å²) in [5.74, 6) is 0.290. The first kappa shape index (κ1) is 19.4. The molecule has 0 spiro atoms. The number of carbonyl (C=O) groups is 1. The van der Waals surface area contributed by atoms with Gasteiger partial charge in [0.05, 0.1) is 10.9 Å². The highest BCUT2D eigenvalue weighted by atomic mass is 16.2. The molecular weight excluding hydrogens is 366 g/mol. The van der Waals surface area contributed by atoms with Crippen molar-refractivity contribution in [3.8, 4) is 0 Å². The number of rotatable bonds is 5. The summed E-state index contributed by atoms with van der Waals surface area (Å²) in [5, 5.41) is 6.78. The molecule has 0 radical (unpaired) electrons. The second-order valence-electron chi connectivity index (χ2n) is 7.97. The maximum absolute atomic E-state index is 13.1. The van der Waals surface area contributed by atoms with Crippen LogP contribution in [0.15, 0.2) is 29.2 Å². The average molecular weight is 393 g/mol. The number of hydrogen-bond acceptors (Lipinski definition) is 5. The summed E-state index contributed by atoms with van der Waals surface area (Å²) in [5.41, 5.74) is 2.01. The Morgan fingerprint density at radius 2 is 2.07 bits per heavy atom. The fraction of sp³-hybridized carbons (Fsp3) is 0.455. The molecule has 4 rings (SSSR count). The fourth-order valence-electron chi connectivity index (χ4n) is 3.84. The van der Waals surface area contributed by atoms with Crippen LogP contribution in [0, 0.1) is 6.92 Å². The van der Waals surface area contributed by atoms with Gasteiger partial charge in [0.1, 0.15) is 11.5 Å². The Labute approximate surface area is 169 Å². The number of hydrogen-bond donors (Lipinski definition) is 2. The SMILES string of the molecule is CC[C@@H](C)Nc1nc2nc3c(C)cccn3c(=O)c2cc1C(=O)NC1CCCC1. The molecule has 3 aromatic rings. The predicted octanol–water partition coefficient (Wildman–Crippen LogP) is 3.43. The Morgan fingerprint density at radius 1 is 1.31 bits per heavy atom. The number of carbonyl (C=O) groups excluding carboxylic acids is 1. The molecule has 7 nitrogen and oxygen atoms in total. The van der Waals surface area contributed by atoms with Crippen LogP contribution in [0.5, 0.6) is 0 Å². The Kier molecular flexibility index (Phi) is 5.22. The zero-order chi connectivity index (χ0) is 20.5. The number of amides is 1. The van der Waals surface area contributed by atoms with Gasteiger partial charge in [-0.3, -0.25) is 14.0 Å². The number of aryl methyl sites for hydroxylation is 1. The Bertz CT molecular complexity index is 1130. The van der Waals surface area contributed by atoms with Crippen LogP contribution in [-0.2, 0) is 0 Å². The highest BCUT2D eigenvalue weighted by Crippen LogP contribution is 2.22. The third kappa shape index (κ3) is 3.69. The summed E-state index contributed by atoms with van der Waals surface area (Å²) in [7, 11) is 0. The molecule has 0 aliphatic heterocycles. The summed E-state index contributed by atoms with van der Waals surface area (Å²) >= 11 is 0. The number of anilines is 1. The molecule has 29 heavy (non-hydrogen) atoms. The molecule has 0 saturated heterocycles. The predicted molar refractivity (Wildman–Crippen MR) is 115 cm³/mol. The lowest BCUT2D eigenvalue weighted by Gasteiger charge is -2.18. The van der Waals surface area contributed by atoms with Crippen molar-refractivity contribution in [1.82, 2.24) is 19.7 Å². The molecular formula is C22H27N5O2. The smallest absolute Gasteiger partial charge is 0.267 e. The van der Waals surface area contributed by atoms with Crippen molar-refractivity contribution in [2.45, 2.75) is 65.0 Å². The summed E-state index contributed by atoms with van der Waals surface area (Å²) in [6.45, 7) is 6.02. The summed E-state index contributed by atoms with van der Waals surface area (Å²) in [6.07, 6.45) is 6.84. The fourth-order valence-corrected chi connectivity index (χ4v) is 3.84. The van der Waals surface area contributed by atoms with Crippen LogP contribution in [0.1, 0.15) is 61.9 Å². The average Bonchev–Trinajstić information content (AvgIpc) is 3.21. The van der Waals surface area contributed by atoms with Gasteiger partial charge in [-0.25, -0.2) is 9.97 Å². The van der Waals surface area contributed by atoms with E-state index in [4.69, 9.17) is 0 Å². The first-order valence-corrected chi connectivity index (χ1v) is 10.4. The van der Waals surface area contributed by atoms with E-state index in [-0.39, 0.29) is 23.6 Å². The van der Waals surface area contributed by atoms with Gasteiger partial charge in [0.25, 0.3) is 11.5 Å². The lowest BCUT2D eigenvalue weighted by Crippen LogP contribution is -2.34. The van der Waals surface area contributed by atoms with Crippen LogP contribution in [-0.4, -0.2) is 32.4 Å². The molecule has 1 fully saturated rings. The highest BCUT2D eigenvalue weighted by molar-refractivity contribution is 6.02. The van der Waals surface area contributed by atoms with Gasteiger partial charge in [0, 0.05) is 18.3 Å². The van der Waals surface area contributed by atoms with Crippen molar-refractivity contribution in [1.29, 1.82) is 0 Å². The van der Waals surface area contributed by atoms with Gasteiger partial charge >= 0.3 is 0 Å². The summed E-state index contributed by atoms with van der Waals surface area (Å²) in [6, 6.07) is 5.70. The third-order valence-corrected chi connectivity index (χ3v) is 5.76. The number of pyridine rings is 2. The van der Waals surface area contributed by atoms with E-state index < -0.39 is 0 Å². The lowest BCUT2D eigenvalue weighted by atomic mass is 10.1. The summed E-state index contributed by atoms with van der Waals surface area (Å²) < 4.78 is 1.51. The van der Waals surface area contributed by atoms with Crippen LogP contribution >= 0.6 is 0 Å². The van der Waals surface area contributed by atoms with Gasteiger partial charge < -0.3 is 10.6 Å². The van der Waals surface area contributed by atoms with Gasteiger partial charge in [0.15, 0.2) is 5.65 Å². The van der Waals surface area contributed by atoms with Crippen LogP contribution < -0.4 is 16.2 Å². The second-order valence-corrected chi connectivity index (χ2v) is 7.97. The minimum Gasteiger partial charge on any atom is -0.367 e. The van der Waals surface area contributed by atoms with Crippen molar-refractivity contribution in [3.63, 3.8) is 0 Å². The molecule has 2 N–H and O–H groups in total. The van der Waals surface area contributed by atoms with E-state index in [0.717, 1.165) is 37.7 Å². The molecule has 0 aromatic carbocycles. The molecule has 1 aliphatic rings. The van der Waals surface area contributed by atoms with Crippen molar-refractivity contribution < 1.29 is 4.79 Å². The van der Waals surface area contributed by atoms with Crippen molar-refractivity contribution in [2.75, 3.05) is 5.32 Å². The van der Waals surface area contributed by atoms with Crippen LogP contribution in [0.3, 0.4) is 0 Å². The van der Waals surface area contributed by atoms with E-state index in [1.807, 2.05) is 26.0 Å². The molecule has 0 bridgehead atoms. The molecule has 1 saturated carbocycles. The number of nitrogens with zero attached hydrogens (tertiary/aromatic N) is 3. The third-order valence-electron chi connectivity index (χ3n) is 5.76. The van der Waals surface area contributed by atoms with Crippen molar-refractivity contribution in [3.05, 3.63) is 45.9 Å². The standard InChI is InChI=1S/C22H27N5O2/c1-4-14(3)23-18-16(21(28)24-15-9-5-6-10-15)12-17-19(25-18)26-20-13(2)8-7-11-27(20)22(17)29/h7-8,11-12,14-15H,4-6,9-10H2,1-3H3,(H,23,25)(H,24,28)/t14-/m1/s1. The number of nitrogens with one attached hydrogen (secondary N) is 2. The Balaban J connectivity index is 1.88. The molecule has 1 atom stereocenters. The number of aromatic nitrogens is 3. The topological polar surface area (TPSA) is 88.4 Å². The van der Waals surface area contributed by atoms with E-state index in [2.05, 4.69) is 27.5 Å². The highest BCUT2D eigenvalue weighted by Gasteiger charge is 2.23. The monoisotopic (exact) mass is 393 g/mol. The zero-order valence-corrected chi connectivity index (χ0v) is 17.2. The van der Waals surface area contributed by atoms with Crippen molar-refractivity contribution >= 4 is 28.4 Å². The molecule has 7 heteroatoms. The minimum absolute atomic E-state index is 0.140. The molecule has 3 heterocycles. The van der Waals surface area contributed by atoms with Gasteiger partial charge in [-0.2, -0.15) is 0 Å². The molecule has 152 valence electrons. The molecule has 3 aromatic heterocycles. The maximum Gasteiger partial charge on any atom is 0.267 e. The van der Waals surface area contributed by atoms with Crippen LogP contribution in [0.4, 0.5) is 5.82 Å². The largest absolute Gasteiger partial charge is 0.367 e. The minimum atomic E-state index is -0.216. The first-order chi connectivity index (χ1) is 14.0. The summed E-state index contributed by atoms with van der Waals surface area (Å²) in [4.78, 5) is 35.4. The Hall–Kier alpha value is -2.96. The molecule has 1 aliphatic carbocycles. The normalized spacial score (nSPS) is 15.7. The first-order valence-electron chi connectivity index (χ1n) is 10.4. The Morgan fingerprint density at radius 3 is 2.79 bits per heavy atom. The second kappa shape index (κ2) is 7.81. The molecule has 1 amide bonds. The molecule has 0 unspecified atom stereocenters. The maximum atomic E-state index is 13.1. The van der Waals surface area contributed by atoms with E-state index in [1.165, 1.54) is 4.40 Å². The van der Waals surface area contributed by atoms with E-state index >= 15 is 0 Å². The quantitative estimate of drug-likeness (QED) is 0.649. The lowest BCUT2D eigenvalue weighted by molar-refractivity contribution is 0.0938.